The number of carbonyl (C=O) groups is 1. The first-order valence-electron chi connectivity index (χ1n) is 5.71. The summed E-state index contributed by atoms with van der Waals surface area (Å²) < 4.78 is 1.55. The molecule has 1 saturated carbocycles. The first-order chi connectivity index (χ1) is 7.63. The van der Waals surface area contributed by atoms with E-state index in [1.54, 1.807) is 17.1 Å². The molecule has 0 spiro atoms. The van der Waals surface area contributed by atoms with Crippen LogP contribution in [0.25, 0.3) is 0 Å². The van der Waals surface area contributed by atoms with Crippen molar-refractivity contribution in [1.29, 1.82) is 0 Å². The van der Waals surface area contributed by atoms with Crippen molar-refractivity contribution in [2.75, 3.05) is 5.73 Å². The Morgan fingerprint density at radius 1 is 1.75 bits per heavy atom. The summed E-state index contributed by atoms with van der Waals surface area (Å²) in [6.45, 7) is 2.29. The molecular weight excluding hydrogens is 204 g/mol. The second-order valence-corrected chi connectivity index (χ2v) is 4.62. The second-order valence-electron chi connectivity index (χ2n) is 4.62. The third kappa shape index (κ3) is 3.25. The van der Waals surface area contributed by atoms with Gasteiger partial charge in [0.1, 0.15) is 6.54 Å². The number of rotatable bonds is 5. The van der Waals surface area contributed by atoms with Crippen LogP contribution in [0.15, 0.2) is 12.4 Å². The van der Waals surface area contributed by atoms with Gasteiger partial charge in [-0.2, -0.15) is 5.10 Å². The predicted octanol–water partition coefficient (Wildman–Crippen LogP) is 0.770. The molecule has 5 heteroatoms. The summed E-state index contributed by atoms with van der Waals surface area (Å²) in [6, 6.07) is 0.257. The van der Waals surface area contributed by atoms with E-state index in [-0.39, 0.29) is 18.5 Å². The van der Waals surface area contributed by atoms with Gasteiger partial charge >= 0.3 is 0 Å². The third-order valence-corrected chi connectivity index (χ3v) is 2.75. The Bertz CT molecular complexity index is 370. The Hall–Kier alpha value is -1.52. The smallest absolute Gasteiger partial charge is 0.241 e. The van der Waals surface area contributed by atoms with Crippen molar-refractivity contribution in [2.45, 2.75) is 38.8 Å². The Kier molecular flexibility index (Phi) is 3.12. The zero-order valence-electron chi connectivity index (χ0n) is 9.52. The quantitative estimate of drug-likeness (QED) is 0.773. The van der Waals surface area contributed by atoms with Crippen LogP contribution in [0.5, 0.6) is 0 Å². The van der Waals surface area contributed by atoms with E-state index in [0.29, 0.717) is 5.69 Å². The summed E-state index contributed by atoms with van der Waals surface area (Å²) in [7, 11) is 0. The average Bonchev–Trinajstić information content (AvgIpc) is 2.89. The van der Waals surface area contributed by atoms with Crippen LogP contribution in [0.3, 0.4) is 0 Å². The molecule has 16 heavy (non-hydrogen) atoms. The van der Waals surface area contributed by atoms with Crippen molar-refractivity contribution >= 4 is 11.6 Å². The first kappa shape index (κ1) is 11.0. The summed E-state index contributed by atoms with van der Waals surface area (Å²) in [5.41, 5.74) is 6.10. The summed E-state index contributed by atoms with van der Waals surface area (Å²) >= 11 is 0. The summed E-state index contributed by atoms with van der Waals surface area (Å²) in [5, 5.41) is 6.94. The van der Waals surface area contributed by atoms with Gasteiger partial charge in [0.25, 0.3) is 0 Å². The second kappa shape index (κ2) is 4.55. The number of amides is 1. The van der Waals surface area contributed by atoms with Crippen LogP contribution in [0, 0.1) is 5.92 Å². The van der Waals surface area contributed by atoms with E-state index in [4.69, 9.17) is 5.73 Å². The Morgan fingerprint density at radius 3 is 3.06 bits per heavy atom. The molecule has 0 aliphatic heterocycles. The minimum atomic E-state index is -0.00347. The molecule has 1 amide bonds. The van der Waals surface area contributed by atoms with E-state index < -0.39 is 0 Å². The molecule has 5 nitrogen and oxygen atoms in total. The van der Waals surface area contributed by atoms with E-state index >= 15 is 0 Å². The van der Waals surface area contributed by atoms with Gasteiger partial charge < -0.3 is 11.1 Å². The van der Waals surface area contributed by atoms with Gasteiger partial charge in [0.15, 0.2) is 0 Å². The number of carbonyl (C=O) groups excluding carboxylic acids is 1. The molecule has 2 rings (SSSR count). The van der Waals surface area contributed by atoms with Gasteiger partial charge in [-0.05, 0) is 19.3 Å². The zero-order chi connectivity index (χ0) is 11.5. The average molecular weight is 222 g/mol. The minimum absolute atomic E-state index is 0.00347. The van der Waals surface area contributed by atoms with E-state index in [0.717, 1.165) is 12.3 Å². The monoisotopic (exact) mass is 222 g/mol. The predicted molar refractivity (Wildman–Crippen MR) is 61.6 cm³/mol. The molecule has 1 aliphatic carbocycles. The van der Waals surface area contributed by atoms with Crippen LogP contribution in [0.2, 0.25) is 0 Å². The molecular formula is C11H18N4O. The fraction of sp³-hybridized carbons (Fsp3) is 0.636. The maximum Gasteiger partial charge on any atom is 0.241 e. The number of nitrogens with zero attached hydrogens (tertiary/aromatic N) is 2. The molecule has 0 bridgehead atoms. The van der Waals surface area contributed by atoms with Crippen LogP contribution < -0.4 is 11.1 Å². The maximum atomic E-state index is 11.6. The van der Waals surface area contributed by atoms with Gasteiger partial charge in [0.2, 0.25) is 5.91 Å². The Morgan fingerprint density at radius 2 is 2.50 bits per heavy atom. The van der Waals surface area contributed by atoms with Gasteiger partial charge in [-0.3, -0.25) is 9.48 Å². The fourth-order valence-corrected chi connectivity index (χ4v) is 1.85. The van der Waals surface area contributed by atoms with E-state index in [2.05, 4.69) is 10.4 Å². The van der Waals surface area contributed by atoms with Crippen LogP contribution in [0.1, 0.15) is 26.2 Å². The summed E-state index contributed by atoms with van der Waals surface area (Å²) in [5.74, 6) is 0.826. The molecule has 88 valence electrons. The molecule has 1 heterocycles. The van der Waals surface area contributed by atoms with Crippen LogP contribution in [-0.4, -0.2) is 21.7 Å². The standard InChI is InChI=1S/C11H18N4O/c1-8(4-9-2-3-9)14-11(16)7-15-6-10(12)5-13-15/h5-6,8-9H,2-4,7,12H2,1H3,(H,14,16). The SMILES string of the molecule is CC(CC1CC1)NC(=O)Cn1cc(N)cn1. The zero-order valence-corrected chi connectivity index (χ0v) is 9.52. The van der Waals surface area contributed by atoms with Crippen molar-refractivity contribution in [3.8, 4) is 0 Å². The van der Waals surface area contributed by atoms with Crippen molar-refractivity contribution in [3.63, 3.8) is 0 Å². The highest BCUT2D eigenvalue weighted by Gasteiger charge is 2.24. The highest BCUT2D eigenvalue weighted by Crippen LogP contribution is 2.33. The van der Waals surface area contributed by atoms with Crippen molar-refractivity contribution in [2.24, 2.45) is 5.92 Å². The van der Waals surface area contributed by atoms with Gasteiger partial charge in [-0.1, -0.05) is 12.8 Å². The Balaban J connectivity index is 1.74. The third-order valence-electron chi connectivity index (χ3n) is 2.75. The van der Waals surface area contributed by atoms with Crippen molar-refractivity contribution < 1.29 is 4.79 Å². The first-order valence-corrected chi connectivity index (χ1v) is 5.71. The number of anilines is 1. The number of nitrogens with two attached hydrogens (primary N) is 1. The number of nitrogen functional groups attached to an aromatic ring is 1. The molecule has 1 atom stereocenters. The normalized spacial score (nSPS) is 17.1. The van der Waals surface area contributed by atoms with Crippen molar-refractivity contribution in [1.82, 2.24) is 15.1 Å². The molecule has 1 fully saturated rings. The van der Waals surface area contributed by atoms with E-state index in [1.807, 2.05) is 6.92 Å². The Labute approximate surface area is 95.0 Å². The lowest BCUT2D eigenvalue weighted by atomic mass is 10.1. The fourth-order valence-electron chi connectivity index (χ4n) is 1.85. The minimum Gasteiger partial charge on any atom is -0.396 e. The molecule has 3 N–H and O–H groups in total. The lowest BCUT2D eigenvalue weighted by molar-refractivity contribution is -0.122. The summed E-state index contributed by atoms with van der Waals surface area (Å²) in [6.07, 6.45) is 6.92. The highest BCUT2D eigenvalue weighted by atomic mass is 16.2. The molecule has 1 aromatic rings. The number of aromatic nitrogens is 2. The van der Waals surface area contributed by atoms with E-state index in [9.17, 15) is 4.79 Å². The lowest BCUT2D eigenvalue weighted by Crippen LogP contribution is -2.35. The topological polar surface area (TPSA) is 72.9 Å². The van der Waals surface area contributed by atoms with Crippen LogP contribution in [0.4, 0.5) is 5.69 Å². The van der Waals surface area contributed by atoms with Crippen molar-refractivity contribution in [3.05, 3.63) is 12.4 Å². The molecule has 1 aliphatic rings. The van der Waals surface area contributed by atoms with Crippen LogP contribution >= 0.6 is 0 Å². The van der Waals surface area contributed by atoms with E-state index in [1.165, 1.54) is 12.8 Å². The molecule has 0 radical (unpaired) electrons. The van der Waals surface area contributed by atoms with Gasteiger partial charge in [0.05, 0.1) is 11.9 Å². The van der Waals surface area contributed by atoms with Gasteiger partial charge in [-0.15, -0.1) is 0 Å². The summed E-state index contributed by atoms with van der Waals surface area (Å²) in [4.78, 5) is 11.6. The largest absolute Gasteiger partial charge is 0.396 e. The lowest BCUT2D eigenvalue weighted by Gasteiger charge is -2.13. The van der Waals surface area contributed by atoms with Crippen LogP contribution in [-0.2, 0) is 11.3 Å². The number of hydrogen-bond acceptors (Lipinski definition) is 3. The molecule has 0 saturated heterocycles. The molecule has 1 unspecified atom stereocenters. The number of hydrogen-bond donors (Lipinski definition) is 2. The maximum absolute atomic E-state index is 11.6. The number of nitrogens with one attached hydrogen (secondary N) is 1. The molecule has 0 aromatic carbocycles. The molecule has 1 aromatic heterocycles. The van der Waals surface area contributed by atoms with Gasteiger partial charge in [-0.25, -0.2) is 0 Å². The highest BCUT2D eigenvalue weighted by molar-refractivity contribution is 5.75. The van der Waals surface area contributed by atoms with Gasteiger partial charge in [0, 0.05) is 12.2 Å².